The van der Waals surface area contributed by atoms with Crippen LogP contribution in [0, 0.1) is 19.7 Å². The molecule has 1 aromatic carbocycles. The first-order valence-electron chi connectivity index (χ1n) is 5.06. The summed E-state index contributed by atoms with van der Waals surface area (Å²) in [5.74, 6) is -0.702. The Morgan fingerprint density at radius 2 is 2.06 bits per heavy atom. The Bertz CT molecular complexity index is 589. The molecule has 0 spiro atoms. The molecule has 1 nitrogen and oxygen atoms in total. The van der Waals surface area contributed by atoms with E-state index in [2.05, 4.69) is 15.9 Å². The molecule has 0 bridgehead atoms. The molecule has 0 saturated carbocycles. The Morgan fingerprint density at radius 3 is 2.65 bits per heavy atom. The lowest BCUT2D eigenvalue weighted by molar-refractivity contribution is 0.103. The van der Waals surface area contributed by atoms with E-state index in [1.54, 1.807) is 19.1 Å². The molecule has 88 valence electrons. The largest absolute Gasteiger partial charge is 0.288 e. The highest BCUT2D eigenvalue weighted by Gasteiger charge is 2.19. The van der Waals surface area contributed by atoms with Crippen LogP contribution in [0.15, 0.2) is 28.7 Å². The molecular weight excluding hydrogens is 303 g/mol. The van der Waals surface area contributed by atoms with Crippen LogP contribution in [0.4, 0.5) is 4.39 Å². The van der Waals surface area contributed by atoms with Crippen molar-refractivity contribution < 1.29 is 9.18 Å². The summed E-state index contributed by atoms with van der Waals surface area (Å²) in [7, 11) is 0. The fourth-order valence-electron chi connectivity index (χ4n) is 1.58. The lowest BCUT2D eigenvalue weighted by Crippen LogP contribution is -2.04. The molecule has 0 amide bonds. The molecule has 1 heterocycles. The van der Waals surface area contributed by atoms with Crippen LogP contribution < -0.4 is 0 Å². The standard InChI is InChI=1S/C13H10BrFOS/c1-7-4-3-5-9(11(7)15)12(16)13-10(14)6-8(2)17-13/h3-6H,1-2H3. The third-order valence-corrected chi connectivity index (χ3v) is 4.39. The van der Waals surface area contributed by atoms with Crippen molar-refractivity contribution in [3.05, 3.63) is 55.4 Å². The van der Waals surface area contributed by atoms with E-state index in [-0.39, 0.29) is 11.3 Å². The van der Waals surface area contributed by atoms with Crippen molar-refractivity contribution in [2.75, 3.05) is 0 Å². The zero-order valence-corrected chi connectivity index (χ0v) is 11.8. The number of carbonyl (C=O) groups excluding carboxylic acids is 1. The van der Waals surface area contributed by atoms with Gasteiger partial charge in [-0.25, -0.2) is 4.39 Å². The average Bonchev–Trinajstić information content (AvgIpc) is 2.61. The zero-order chi connectivity index (χ0) is 12.6. The van der Waals surface area contributed by atoms with E-state index in [4.69, 9.17) is 0 Å². The quantitative estimate of drug-likeness (QED) is 0.746. The second-order valence-electron chi connectivity index (χ2n) is 3.80. The summed E-state index contributed by atoms with van der Waals surface area (Å²) in [4.78, 5) is 13.8. The van der Waals surface area contributed by atoms with Gasteiger partial charge in [0.25, 0.3) is 0 Å². The molecule has 0 aliphatic heterocycles. The zero-order valence-electron chi connectivity index (χ0n) is 9.38. The predicted molar refractivity (Wildman–Crippen MR) is 71.3 cm³/mol. The van der Waals surface area contributed by atoms with Crippen molar-refractivity contribution in [2.24, 2.45) is 0 Å². The van der Waals surface area contributed by atoms with E-state index >= 15 is 0 Å². The van der Waals surface area contributed by atoms with Crippen LogP contribution in [0.25, 0.3) is 0 Å². The minimum atomic E-state index is -0.435. The van der Waals surface area contributed by atoms with E-state index in [9.17, 15) is 9.18 Å². The summed E-state index contributed by atoms with van der Waals surface area (Å²) in [5, 5.41) is 0. The van der Waals surface area contributed by atoms with Crippen LogP contribution in [0.5, 0.6) is 0 Å². The molecule has 0 fully saturated rings. The van der Waals surface area contributed by atoms with Crippen LogP contribution in [-0.4, -0.2) is 5.78 Å². The van der Waals surface area contributed by atoms with E-state index < -0.39 is 5.82 Å². The first-order valence-corrected chi connectivity index (χ1v) is 6.67. The molecule has 0 unspecified atom stereocenters. The number of aryl methyl sites for hydroxylation is 2. The molecule has 0 radical (unpaired) electrons. The molecule has 1 aromatic heterocycles. The molecule has 17 heavy (non-hydrogen) atoms. The van der Waals surface area contributed by atoms with E-state index in [0.717, 1.165) is 9.35 Å². The van der Waals surface area contributed by atoms with Gasteiger partial charge in [0.1, 0.15) is 5.82 Å². The molecule has 4 heteroatoms. The summed E-state index contributed by atoms with van der Waals surface area (Å²) in [6, 6.07) is 6.73. The van der Waals surface area contributed by atoms with E-state index in [1.165, 1.54) is 17.4 Å². The van der Waals surface area contributed by atoms with Crippen molar-refractivity contribution in [1.82, 2.24) is 0 Å². The third-order valence-electron chi connectivity index (χ3n) is 2.45. The smallest absolute Gasteiger partial charge is 0.207 e. The Morgan fingerprint density at radius 1 is 1.35 bits per heavy atom. The van der Waals surface area contributed by atoms with Gasteiger partial charge in [-0.1, -0.05) is 12.1 Å². The minimum absolute atomic E-state index is 0.132. The monoisotopic (exact) mass is 312 g/mol. The molecule has 0 aliphatic rings. The van der Waals surface area contributed by atoms with Gasteiger partial charge >= 0.3 is 0 Å². The van der Waals surface area contributed by atoms with Crippen LogP contribution in [0.3, 0.4) is 0 Å². The van der Waals surface area contributed by atoms with Gasteiger partial charge in [0.05, 0.1) is 10.4 Å². The van der Waals surface area contributed by atoms with Crippen molar-refractivity contribution in [3.8, 4) is 0 Å². The summed E-state index contributed by atoms with van der Waals surface area (Å²) in [5.41, 5.74) is 0.618. The van der Waals surface area contributed by atoms with Crippen molar-refractivity contribution in [2.45, 2.75) is 13.8 Å². The lowest BCUT2D eigenvalue weighted by Gasteiger charge is -2.03. The first kappa shape index (κ1) is 12.5. The molecule has 0 aliphatic carbocycles. The maximum absolute atomic E-state index is 13.8. The SMILES string of the molecule is Cc1cc(Br)c(C(=O)c2cccc(C)c2F)s1. The number of rotatable bonds is 2. The normalized spacial score (nSPS) is 10.6. The van der Waals surface area contributed by atoms with Crippen molar-refractivity contribution >= 4 is 33.0 Å². The van der Waals surface area contributed by atoms with Crippen LogP contribution >= 0.6 is 27.3 Å². The molecule has 0 atom stereocenters. The van der Waals surface area contributed by atoms with Crippen LogP contribution in [-0.2, 0) is 0 Å². The van der Waals surface area contributed by atoms with Gasteiger partial charge in [0.15, 0.2) is 0 Å². The number of hydrogen-bond donors (Lipinski definition) is 0. The van der Waals surface area contributed by atoms with Crippen LogP contribution in [0.2, 0.25) is 0 Å². The van der Waals surface area contributed by atoms with E-state index in [1.807, 2.05) is 13.0 Å². The topological polar surface area (TPSA) is 17.1 Å². The molecule has 0 saturated heterocycles. The highest BCUT2D eigenvalue weighted by Crippen LogP contribution is 2.30. The van der Waals surface area contributed by atoms with Gasteiger partial charge in [-0.3, -0.25) is 4.79 Å². The maximum atomic E-state index is 13.8. The average molecular weight is 313 g/mol. The highest BCUT2D eigenvalue weighted by molar-refractivity contribution is 9.10. The summed E-state index contributed by atoms with van der Waals surface area (Å²) < 4.78 is 14.6. The molecule has 2 aromatic rings. The number of carbonyl (C=O) groups is 1. The number of halogens is 2. The van der Waals surface area contributed by atoms with Gasteiger partial charge in [-0.2, -0.15) is 0 Å². The fraction of sp³-hybridized carbons (Fsp3) is 0.154. The first-order chi connectivity index (χ1) is 8.00. The Hall–Kier alpha value is -1.00. The van der Waals surface area contributed by atoms with Crippen LogP contribution in [0.1, 0.15) is 25.7 Å². The van der Waals surface area contributed by atoms with Crippen molar-refractivity contribution in [3.63, 3.8) is 0 Å². The second kappa shape index (κ2) is 4.70. The summed E-state index contributed by atoms with van der Waals surface area (Å²) >= 11 is 4.69. The minimum Gasteiger partial charge on any atom is -0.288 e. The number of hydrogen-bond acceptors (Lipinski definition) is 2. The van der Waals surface area contributed by atoms with Gasteiger partial charge in [-0.15, -0.1) is 11.3 Å². The Kier molecular flexibility index (Phi) is 3.45. The van der Waals surface area contributed by atoms with Gasteiger partial charge in [0, 0.05) is 9.35 Å². The molecule has 2 rings (SSSR count). The summed E-state index contributed by atoms with van der Waals surface area (Å²) in [6.07, 6.45) is 0. The highest BCUT2D eigenvalue weighted by atomic mass is 79.9. The summed E-state index contributed by atoms with van der Waals surface area (Å²) in [6.45, 7) is 3.57. The van der Waals surface area contributed by atoms with Gasteiger partial charge < -0.3 is 0 Å². The van der Waals surface area contributed by atoms with E-state index in [0.29, 0.717) is 10.4 Å². The Labute approximate surface area is 111 Å². The number of benzene rings is 1. The molecular formula is C13H10BrFOS. The number of thiophene rings is 1. The second-order valence-corrected chi connectivity index (χ2v) is 5.91. The maximum Gasteiger partial charge on any atom is 0.207 e. The van der Waals surface area contributed by atoms with Gasteiger partial charge in [-0.05, 0) is 47.5 Å². The van der Waals surface area contributed by atoms with Crippen molar-refractivity contribution in [1.29, 1.82) is 0 Å². The molecule has 0 N–H and O–H groups in total. The fourth-order valence-corrected chi connectivity index (χ4v) is 3.36. The predicted octanol–water partition coefficient (Wildman–Crippen LogP) is 4.50. The Balaban J connectivity index is 2.51. The number of ketones is 1. The lowest BCUT2D eigenvalue weighted by atomic mass is 10.1. The van der Waals surface area contributed by atoms with Gasteiger partial charge in [0.2, 0.25) is 5.78 Å². The third kappa shape index (κ3) is 2.33.